The van der Waals surface area contributed by atoms with Crippen molar-refractivity contribution in [3.63, 3.8) is 0 Å². The van der Waals surface area contributed by atoms with Gasteiger partial charge in [0.1, 0.15) is 5.76 Å². The molecular weight excluding hydrogens is 414 g/mol. The molecule has 0 bridgehead atoms. The van der Waals surface area contributed by atoms with Crippen molar-refractivity contribution >= 4 is 46.5 Å². The third-order valence-corrected chi connectivity index (χ3v) is 6.01. The van der Waals surface area contributed by atoms with Crippen molar-refractivity contribution in [2.75, 3.05) is 0 Å². The van der Waals surface area contributed by atoms with E-state index >= 15 is 0 Å². The highest BCUT2D eigenvalue weighted by Gasteiger charge is 2.34. The quantitative estimate of drug-likeness (QED) is 0.281. The summed E-state index contributed by atoms with van der Waals surface area (Å²) >= 11 is 2.90. The van der Waals surface area contributed by atoms with Crippen LogP contribution < -0.4 is 0 Å². The van der Waals surface area contributed by atoms with E-state index in [0.29, 0.717) is 22.4 Å². The monoisotopic (exact) mass is 433 g/mol. The number of hydrogen-bond donors (Lipinski definition) is 0. The fraction of sp³-hybridized carbons (Fsp3) is 0.0870. The Morgan fingerprint density at radius 3 is 2.73 bits per heavy atom. The molecule has 0 saturated carbocycles. The minimum absolute atomic E-state index is 0.109. The Labute approximate surface area is 183 Å². The van der Waals surface area contributed by atoms with E-state index < -0.39 is 0 Å². The fourth-order valence-electron chi connectivity index (χ4n) is 2.84. The van der Waals surface area contributed by atoms with Crippen LogP contribution in [0.1, 0.15) is 23.1 Å². The maximum Gasteiger partial charge on any atom is 0.267 e. The normalized spacial score (nSPS) is 17.7. The summed E-state index contributed by atoms with van der Waals surface area (Å²) < 4.78 is 5.43. The maximum absolute atomic E-state index is 13.1. The molecule has 0 atom stereocenters. The van der Waals surface area contributed by atoms with Gasteiger partial charge in [0.15, 0.2) is 5.17 Å². The number of hydrogen-bond acceptors (Lipinski definition) is 6. The second-order valence-corrected chi connectivity index (χ2v) is 8.51. The third kappa shape index (κ3) is 5.06. The van der Waals surface area contributed by atoms with Crippen LogP contribution in [0.15, 0.2) is 97.4 Å². The van der Waals surface area contributed by atoms with Crippen LogP contribution in [-0.4, -0.2) is 22.2 Å². The Hall–Kier alpha value is -3.16. The molecule has 0 N–H and O–H groups in total. The molecule has 30 heavy (non-hydrogen) atoms. The summed E-state index contributed by atoms with van der Waals surface area (Å²) in [4.78, 5) is 16.3. The predicted octanol–water partition coefficient (Wildman–Crippen LogP) is 5.79. The van der Waals surface area contributed by atoms with Crippen molar-refractivity contribution in [2.45, 2.75) is 13.5 Å². The first-order chi connectivity index (χ1) is 14.7. The minimum Gasteiger partial charge on any atom is -0.467 e. The molecule has 0 spiro atoms. The molecule has 0 radical (unpaired) electrons. The first-order valence-electron chi connectivity index (χ1n) is 9.31. The average Bonchev–Trinajstić information content (AvgIpc) is 3.49. The van der Waals surface area contributed by atoms with Crippen molar-refractivity contribution in [2.24, 2.45) is 10.2 Å². The van der Waals surface area contributed by atoms with E-state index in [4.69, 9.17) is 4.42 Å². The van der Waals surface area contributed by atoms with E-state index in [0.717, 1.165) is 16.0 Å². The molecule has 3 aromatic rings. The van der Waals surface area contributed by atoms with E-state index in [9.17, 15) is 4.79 Å². The van der Waals surface area contributed by atoms with Crippen LogP contribution in [-0.2, 0) is 11.3 Å². The summed E-state index contributed by atoms with van der Waals surface area (Å²) in [5.74, 6) is 0.582. The largest absolute Gasteiger partial charge is 0.467 e. The molecule has 150 valence electrons. The zero-order valence-electron chi connectivity index (χ0n) is 16.3. The highest BCUT2D eigenvalue weighted by molar-refractivity contribution is 8.18. The molecular formula is C23H19N3O2S2. The van der Waals surface area contributed by atoms with E-state index in [1.165, 1.54) is 11.8 Å². The summed E-state index contributed by atoms with van der Waals surface area (Å²) in [6.45, 7) is 2.29. The summed E-state index contributed by atoms with van der Waals surface area (Å²) in [6.07, 6.45) is 7.22. The van der Waals surface area contributed by atoms with Crippen LogP contribution in [0.3, 0.4) is 0 Å². The fourth-order valence-corrected chi connectivity index (χ4v) is 4.40. The first kappa shape index (κ1) is 20.1. The van der Waals surface area contributed by atoms with Gasteiger partial charge in [-0.3, -0.25) is 9.69 Å². The Kier molecular flexibility index (Phi) is 6.41. The van der Waals surface area contributed by atoms with Crippen molar-refractivity contribution in [1.82, 2.24) is 4.90 Å². The molecule has 1 aliphatic heterocycles. The van der Waals surface area contributed by atoms with E-state index in [-0.39, 0.29) is 5.91 Å². The number of amidine groups is 1. The lowest BCUT2D eigenvalue weighted by Crippen LogP contribution is -2.28. The number of carbonyl (C=O) groups is 1. The van der Waals surface area contributed by atoms with Gasteiger partial charge in [0, 0.05) is 4.88 Å². The topological polar surface area (TPSA) is 58.2 Å². The number of nitrogens with zero attached hydrogens (tertiary/aromatic N) is 3. The van der Waals surface area contributed by atoms with Crippen LogP contribution in [0.25, 0.3) is 6.08 Å². The number of thioether (sulfide) groups is 1. The van der Waals surface area contributed by atoms with E-state index in [1.54, 1.807) is 34.8 Å². The molecule has 3 heterocycles. The number of furan rings is 1. The smallest absolute Gasteiger partial charge is 0.267 e. The van der Waals surface area contributed by atoms with E-state index in [1.807, 2.05) is 73.0 Å². The highest BCUT2D eigenvalue weighted by Crippen LogP contribution is 2.33. The zero-order valence-corrected chi connectivity index (χ0v) is 17.9. The van der Waals surface area contributed by atoms with Crippen LogP contribution in [0.5, 0.6) is 0 Å². The van der Waals surface area contributed by atoms with Gasteiger partial charge < -0.3 is 4.42 Å². The second-order valence-electron chi connectivity index (χ2n) is 6.52. The molecule has 4 rings (SSSR count). The first-order valence-corrected chi connectivity index (χ1v) is 11.0. The molecule has 0 unspecified atom stereocenters. The molecule has 1 fully saturated rings. The van der Waals surface area contributed by atoms with Gasteiger partial charge in [0.05, 0.1) is 23.9 Å². The van der Waals surface area contributed by atoms with Crippen molar-refractivity contribution in [1.29, 1.82) is 0 Å². The Balaban J connectivity index is 1.59. The van der Waals surface area contributed by atoms with Crippen LogP contribution in [0, 0.1) is 0 Å². The Bertz CT molecular complexity index is 1110. The summed E-state index contributed by atoms with van der Waals surface area (Å²) in [6, 6.07) is 17.6. The Morgan fingerprint density at radius 1 is 1.13 bits per heavy atom. The van der Waals surface area contributed by atoms with Gasteiger partial charge in [0.2, 0.25) is 0 Å². The van der Waals surface area contributed by atoms with Gasteiger partial charge in [-0.1, -0.05) is 42.5 Å². The van der Waals surface area contributed by atoms with Crippen molar-refractivity contribution < 1.29 is 9.21 Å². The highest BCUT2D eigenvalue weighted by atomic mass is 32.2. The number of carbonyl (C=O) groups excluding carboxylic acids is 1. The standard InChI is InChI=1S/C23H19N3O2S2/c1-17(13-18-7-3-2-4-8-18)14-21-22(27)26(16-19-9-5-11-28-19)23(30-21)25-24-15-20-10-6-12-29-20/h2-15H,16H2,1H3/b17-13+,21-14-,24-15+,25-23-. The molecule has 1 aliphatic rings. The SMILES string of the molecule is CC(/C=C1\S/C(=N\N=C\c2cccs2)N(Cc2ccco2)C1=O)=C\c1ccccc1. The summed E-state index contributed by atoms with van der Waals surface area (Å²) in [5, 5.41) is 11.0. The number of allylic oxidation sites excluding steroid dienone is 2. The molecule has 1 aromatic carbocycles. The summed E-state index contributed by atoms with van der Waals surface area (Å²) in [5.41, 5.74) is 2.07. The maximum atomic E-state index is 13.1. The molecule has 7 heteroatoms. The molecule has 1 saturated heterocycles. The lowest BCUT2D eigenvalue weighted by Gasteiger charge is -2.12. The average molecular weight is 434 g/mol. The molecule has 1 amide bonds. The van der Waals surface area contributed by atoms with Crippen molar-refractivity contribution in [3.8, 4) is 0 Å². The molecule has 5 nitrogen and oxygen atoms in total. The number of benzene rings is 1. The van der Waals surface area contributed by atoms with Crippen molar-refractivity contribution in [3.05, 3.63) is 99.0 Å². The lowest BCUT2D eigenvalue weighted by atomic mass is 10.1. The van der Waals surface area contributed by atoms with Gasteiger partial charge in [-0.05, 0) is 59.5 Å². The lowest BCUT2D eigenvalue weighted by molar-refractivity contribution is -0.122. The van der Waals surface area contributed by atoms with E-state index in [2.05, 4.69) is 10.2 Å². The number of thiophene rings is 1. The second kappa shape index (κ2) is 9.56. The minimum atomic E-state index is -0.109. The van der Waals surface area contributed by atoms with Gasteiger partial charge in [-0.25, -0.2) is 0 Å². The zero-order chi connectivity index (χ0) is 20.8. The van der Waals surface area contributed by atoms with Gasteiger partial charge in [-0.15, -0.1) is 16.4 Å². The number of amides is 1. The van der Waals surface area contributed by atoms with Crippen LogP contribution in [0.2, 0.25) is 0 Å². The predicted molar refractivity (Wildman–Crippen MR) is 124 cm³/mol. The van der Waals surface area contributed by atoms with Crippen LogP contribution in [0.4, 0.5) is 0 Å². The van der Waals surface area contributed by atoms with Gasteiger partial charge in [-0.2, -0.15) is 5.10 Å². The summed E-state index contributed by atoms with van der Waals surface area (Å²) in [7, 11) is 0. The molecule has 2 aromatic heterocycles. The van der Waals surface area contributed by atoms with Gasteiger partial charge >= 0.3 is 0 Å². The van der Waals surface area contributed by atoms with Gasteiger partial charge in [0.25, 0.3) is 5.91 Å². The third-order valence-electron chi connectivity index (χ3n) is 4.21. The Morgan fingerprint density at radius 2 is 2.00 bits per heavy atom. The number of rotatable bonds is 6. The van der Waals surface area contributed by atoms with Crippen LogP contribution >= 0.6 is 23.1 Å². The molecule has 0 aliphatic carbocycles.